The quantitative estimate of drug-likeness (QED) is 0.203. The van der Waals surface area contributed by atoms with Gasteiger partial charge in [-0.1, -0.05) is 41.6 Å². The van der Waals surface area contributed by atoms with Crippen LogP contribution in [-0.4, -0.2) is 27.4 Å². The SMILES string of the molecule is O=C(CSc1nc2ccccc2c(=O)n1-c1ccc(Cl)cc1)N/N=C/c1cccs1. The molecule has 4 rings (SSSR count). The number of halogens is 1. The van der Waals surface area contributed by atoms with E-state index in [4.69, 9.17) is 11.6 Å². The molecule has 0 spiro atoms. The molecule has 1 N–H and O–H groups in total. The van der Waals surface area contributed by atoms with Crippen LogP contribution in [0, 0.1) is 0 Å². The van der Waals surface area contributed by atoms with Gasteiger partial charge in [0.05, 0.1) is 28.6 Å². The van der Waals surface area contributed by atoms with Crippen molar-refractivity contribution in [3.63, 3.8) is 0 Å². The van der Waals surface area contributed by atoms with Crippen molar-refractivity contribution in [3.8, 4) is 5.69 Å². The second-order valence-corrected chi connectivity index (χ2v) is 8.48. The lowest BCUT2D eigenvalue weighted by molar-refractivity contribution is -0.118. The second-order valence-electron chi connectivity index (χ2n) is 6.13. The van der Waals surface area contributed by atoms with Gasteiger partial charge in [-0.3, -0.25) is 14.2 Å². The van der Waals surface area contributed by atoms with Gasteiger partial charge in [0, 0.05) is 9.90 Å². The van der Waals surface area contributed by atoms with E-state index in [9.17, 15) is 9.59 Å². The highest BCUT2D eigenvalue weighted by atomic mass is 35.5. The maximum Gasteiger partial charge on any atom is 0.266 e. The molecule has 0 saturated heterocycles. The highest BCUT2D eigenvalue weighted by molar-refractivity contribution is 7.99. The van der Waals surface area contributed by atoms with Crippen LogP contribution in [0.3, 0.4) is 0 Å². The fourth-order valence-electron chi connectivity index (χ4n) is 2.72. The van der Waals surface area contributed by atoms with Gasteiger partial charge >= 0.3 is 0 Å². The van der Waals surface area contributed by atoms with E-state index in [0.717, 1.165) is 4.88 Å². The van der Waals surface area contributed by atoms with Gasteiger partial charge in [-0.15, -0.1) is 11.3 Å². The molecule has 2 aromatic heterocycles. The molecule has 0 saturated carbocycles. The Morgan fingerprint density at radius 2 is 1.97 bits per heavy atom. The van der Waals surface area contributed by atoms with Crippen LogP contribution in [0.1, 0.15) is 4.88 Å². The average molecular weight is 455 g/mol. The smallest absolute Gasteiger partial charge is 0.266 e. The number of hydrogen-bond acceptors (Lipinski definition) is 6. The lowest BCUT2D eigenvalue weighted by atomic mass is 10.2. The van der Waals surface area contributed by atoms with Gasteiger partial charge in [0.15, 0.2) is 5.16 Å². The molecule has 0 radical (unpaired) electrons. The Kier molecular flexibility index (Phi) is 6.27. The van der Waals surface area contributed by atoms with E-state index in [0.29, 0.717) is 26.8 Å². The van der Waals surface area contributed by atoms with Gasteiger partial charge in [-0.05, 0) is 47.8 Å². The van der Waals surface area contributed by atoms with Crippen molar-refractivity contribution in [1.82, 2.24) is 15.0 Å². The molecule has 0 aliphatic rings. The molecule has 0 unspecified atom stereocenters. The second kappa shape index (κ2) is 9.25. The molecule has 0 aliphatic heterocycles. The molecule has 4 aromatic rings. The van der Waals surface area contributed by atoms with Crippen molar-refractivity contribution in [3.05, 3.63) is 86.3 Å². The van der Waals surface area contributed by atoms with Crippen molar-refractivity contribution in [1.29, 1.82) is 0 Å². The van der Waals surface area contributed by atoms with Gasteiger partial charge < -0.3 is 0 Å². The van der Waals surface area contributed by atoms with Crippen LogP contribution < -0.4 is 11.0 Å². The monoisotopic (exact) mass is 454 g/mol. The molecule has 2 aromatic carbocycles. The summed E-state index contributed by atoms with van der Waals surface area (Å²) >= 11 is 8.68. The Morgan fingerprint density at radius 1 is 1.17 bits per heavy atom. The predicted octanol–water partition coefficient (Wildman–Crippen LogP) is 4.34. The molecular formula is C21H15ClN4O2S2. The summed E-state index contributed by atoms with van der Waals surface area (Å²) in [5.41, 5.74) is 3.49. The minimum Gasteiger partial charge on any atom is -0.272 e. The van der Waals surface area contributed by atoms with E-state index in [2.05, 4.69) is 15.5 Å². The van der Waals surface area contributed by atoms with Gasteiger partial charge in [0.25, 0.3) is 11.5 Å². The molecule has 0 aliphatic carbocycles. The first-order valence-corrected chi connectivity index (χ1v) is 11.1. The number of aromatic nitrogens is 2. The molecule has 150 valence electrons. The maximum atomic E-state index is 13.1. The van der Waals surface area contributed by atoms with Crippen LogP contribution in [0.25, 0.3) is 16.6 Å². The Bertz CT molecular complexity index is 1270. The fourth-order valence-corrected chi connectivity index (χ4v) is 4.24. The number of fused-ring (bicyclic) bond motifs is 1. The van der Waals surface area contributed by atoms with Crippen LogP contribution in [0.5, 0.6) is 0 Å². The molecule has 9 heteroatoms. The van der Waals surface area contributed by atoms with E-state index >= 15 is 0 Å². The van der Waals surface area contributed by atoms with Gasteiger partial charge in [-0.2, -0.15) is 5.10 Å². The first-order valence-electron chi connectivity index (χ1n) is 8.88. The minimum atomic E-state index is -0.294. The number of rotatable bonds is 6. The summed E-state index contributed by atoms with van der Waals surface area (Å²) in [4.78, 5) is 30.9. The molecule has 0 fully saturated rings. The van der Waals surface area contributed by atoms with Crippen LogP contribution in [0.15, 0.2) is 81.1 Å². The maximum absolute atomic E-state index is 13.1. The number of hydrazone groups is 1. The van der Waals surface area contributed by atoms with Crippen LogP contribution >= 0.6 is 34.7 Å². The van der Waals surface area contributed by atoms with E-state index in [-0.39, 0.29) is 17.2 Å². The Balaban J connectivity index is 1.60. The molecule has 1 amide bonds. The normalized spacial score (nSPS) is 11.2. The van der Waals surface area contributed by atoms with E-state index in [1.54, 1.807) is 48.7 Å². The summed E-state index contributed by atoms with van der Waals surface area (Å²) in [5, 5.41) is 7.37. The van der Waals surface area contributed by atoms with Crippen LogP contribution in [-0.2, 0) is 4.79 Å². The molecule has 30 heavy (non-hydrogen) atoms. The van der Waals surface area contributed by atoms with E-state index < -0.39 is 0 Å². The standard InChI is InChI=1S/C21H15ClN4O2S2/c22-14-7-9-15(10-8-14)26-20(28)17-5-1-2-6-18(17)24-21(26)30-13-19(27)25-23-12-16-4-3-11-29-16/h1-12H,13H2,(H,25,27)/b23-12+. The number of amides is 1. The predicted molar refractivity (Wildman–Crippen MR) is 123 cm³/mol. The third-order valence-electron chi connectivity index (χ3n) is 4.09. The highest BCUT2D eigenvalue weighted by Gasteiger charge is 2.14. The van der Waals surface area contributed by atoms with Crippen molar-refractivity contribution >= 4 is 57.7 Å². The zero-order valence-corrected chi connectivity index (χ0v) is 17.9. The lowest BCUT2D eigenvalue weighted by Gasteiger charge is -2.13. The van der Waals surface area contributed by atoms with Crippen molar-refractivity contribution in [2.24, 2.45) is 5.10 Å². The number of hydrogen-bond donors (Lipinski definition) is 1. The molecule has 6 nitrogen and oxygen atoms in total. The topological polar surface area (TPSA) is 76.3 Å². The zero-order chi connectivity index (χ0) is 20.9. The summed E-state index contributed by atoms with van der Waals surface area (Å²) in [5.74, 6) is -0.238. The Morgan fingerprint density at radius 3 is 2.73 bits per heavy atom. The first-order chi connectivity index (χ1) is 14.6. The number of nitrogens with zero attached hydrogens (tertiary/aromatic N) is 3. The van der Waals surface area contributed by atoms with Gasteiger partial charge in [-0.25, -0.2) is 10.4 Å². The number of carbonyl (C=O) groups is 1. The third-order valence-corrected chi connectivity index (χ3v) is 6.08. The summed E-state index contributed by atoms with van der Waals surface area (Å²) in [6.45, 7) is 0. The number of nitrogens with one attached hydrogen (secondary N) is 1. The van der Waals surface area contributed by atoms with Crippen molar-refractivity contribution in [2.45, 2.75) is 5.16 Å². The average Bonchev–Trinajstić information content (AvgIpc) is 3.27. The van der Waals surface area contributed by atoms with Crippen molar-refractivity contribution < 1.29 is 4.79 Å². The van der Waals surface area contributed by atoms with E-state index in [1.165, 1.54) is 27.7 Å². The largest absolute Gasteiger partial charge is 0.272 e. The van der Waals surface area contributed by atoms with E-state index in [1.807, 2.05) is 23.6 Å². The number of carbonyl (C=O) groups excluding carboxylic acids is 1. The molecule has 2 heterocycles. The van der Waals surface area contributed by atoms with Crippen LogP contribution in [0.2, 0.25) is 5.02 Å². The molecule has 0 atom stereocenters. The molecule has 0 bridgehead atoms. The Hall–Kier alpha value is -2.94. The summed E-state index contributed by atoms with van der Waals surface area (Å²) in [7, 11) is 0. The summed E-state index contributed by atoms with van der Waals surface area (Å²) in [6, 6.07) is 17.8. The Labute approximate surface area is 185 Å². The number of benzene rings is 2. The molecular weight excluding hydrogens is 440 g/mol. The minimum absolute atomic E-state index is 0.0557. The number of thiophene rings is 1. The number of para-hydroxylation sites is 1. The number of thioether (sulfide) groups is 1. The zero-order valence-electron chi connectivity index (χ0n) is 15.5. The third kappa shape index (κ3) is 4.62. The van der Waals surface area contributed by atoms with Crippen LogP contribution in [0.4, 0.5) is 0 Å². The summed E-state index contributed by atoms with van der Waals surface area (Å²) < 4.78 is 1.49. The fraction of sp³-hybridized carbons (Fsp3) is 0.0476. The van der Waals surface area contributed by atoms with Gasteiger partial charge in [0.1, 0.15) is 0 Å². The highest BCUT2D eigenvalue weighted by Crippen LogP contribution is 2.22. The lowest BCUT2D eigenvalue weighted by Crippen LogP contribution is -2.24. The summed E-state index contributed by atoms with van der Waals surface area (Å²) in [6.07, 6.45) is 1.59. The van der Waals surface area contributed by atoms with Crippen molar-refractivity contribution in [2.75, 3.05) is 5.75 Å². The van der Waals surface area contributed by atoms with Gasteiger partial charge in [0.2, 0.25) is 0 Å². The first kappa shape index (κ1) is 20.3.